The molecule has 1 saturated heterocycles. The minimum atomic E-state index is -0.788. The third-order valence-electron chi connectivity index (χ3n) is 6.14. The van der Waals surface area contributed by atoms with Crippen LogP contribution in [0.25, 0.3) is 5.76 Å². The number of benzene rings is 2. The summed E-state index contributed by atoms with van der Waals surface area (Å²) in [5.41, 5.74) is 0.771. The standard InChI is InChI=1S/C24H24ClNO6/c1-31-18-12-19(32-2)17(25)11-16(18)22(28)20-21(13-7-9-15(27)10-8-13)26(24(30)23(20)29)14-5-3-4-6-14/h7-12,14,21,27-28H,3-6H2,1-2H3/b22-20+. The van der Waals surface area contributed by atoms with Crippen molar-refractivity contribution in [2.75, 3.05) is 14.2 Å². The van der Waals surface area contributed by atoms with Gasteiger partial charge in [0.05, 0.1) is 36.4 Å². The normalized spacial score (nSPS) is 20.7. The lowest BCUT2D eigenvalue weighted by molar-refractivity contribution is -0.141. The first-order chi connectivity index (χ1) is 15.4. The van der Waals surface area contributed by atoms with Gasteiger partial charge in [0.15, 0.2) is 0 Å². The van der Waals surface area contributed by atoms with Crippen LogP contribution in [-0.2, 0) is 9.59 Å². The van der Waals surface area contributed by atoms with Crippen LogP contribution in [0.4, 0.5) is 0 Å². The third kappa shape index (κ3) is 3.66. The zero-order valence-corrected chi connectivity index (χ0v) is 18.6. The Morgan fingerprint density at radius 1 is 1.03 bits per heavy atom. The molecule has 2 N–H and O–H groups in total. The molecule has 1 aliphatic heterocycles. The molecule has 0 aromatic heterocycles. The van der Waals surface area contributed by atoms with Crippen molar-refractivity contribution < 1.29 is 29.3 Å². The van der Waals surface area contributed by atoms with E-state index in [-0.39, 0.29) is 39.5 Å². The van der Waals surface area contributed by atoms with Crippen LogP contribution < -0.4 is 9.47 Å². The number of carbonyl (C=O) groups excluding carboxylic acids is 2. The first-order valence-electron chi connectivity index (χ1n) is 10.4. The molecule has 1 atom stereocenters. The highest BCUT2D eigenvalue weighted by Crippen LogP contribution is 2.45. The molecule has 2 fully saturated rings. The number of halogens is 1. The average molecular weight is 458 g/mol. The van der Waals surface area contributed by atoms with Gasteiger partial charge < -0.3 is 24.6 Å². The highest BCUT2D eigenvalue weighted by molar-refractivity contribution is 6.46. The summed E-state index contributed by atoms with van der Waals surface area (Å²) < 4.78 is 10.6. The Hall–Kier alpha value is -3.19. The maximum Gasteiger partial charge on any atom is 0.295 e. The van der Waals surface area contributed by atoms with E-state index < -0.39 is 17.7 Å². The van der Waals surface area contributed by atoms with Crippen molar-refractivity contribution in [2.24, 2.45) is 0 Å². The van der Waals surface area contributed by atoms with E-state index in [0.717, 1.165) is 25.7 Å². The van der Waals surface area contributed by atoms with E-state index in [0.29, 0.717) is 11.3 Å². The Kier molecular flexibility index (Phi) is 6.02. The van der Waals surface area contributed by atoms with Crippen molar-refractivity contribution >= 4 is 29.1 Å². The minimum absolute atomic E-state index is 0.0351. The molecule has 7 nitrogen and oxygen atoms in total. The van der Waals surface area contributed by atoms with Gasteiger partial charge in [-0.2, -0.15) is 0 Å². The Morgan fingerprint density at radius 2 is 1.66 bits per heavy atom. The SMILES string of the molecule is COc1cc(OC)c(/C(O)=C2\C(=O)C(=O)N(C3CCCC3)C2c2ccc(O)cc2)cc1Cl. The number of phenolic OH excluding ortho intramolecular Hbond substituents is 1. The van der Waals surface area contributed by atoms with E-state index in [4.69, 9.17) is 21.1 Å². The molecule has 0 radical (unpaired) electrons. The summed E-state index contributed by atoms with van der Waals surface area (Å²) in [7, 11) is 2.88. The number of hydrogen-bond acceptors (Lipinski definition) is 6. The summed E-state index contributed by atoms with van der Waals surface area (Å²) in [5.74, 6) is -1.11. The fourth-order valence-corrected chi connectivity index (χ4v) is 4.82. The van der Waals surface area contributed by atoms with Gasteiger partial charge in [0, 0.05) is 12.1 Å². The van der Waals surface area contributed by atoms with Crippen LogP contribution in [0, 0.1) is 0 Å². The number of nitrogens with zero attached hydrogens (tertiary/aromatic N) is 1. The second-order valence-corrected chi connectivity index (χ2v) is 8.33. The lowest BCUT2D eigenvalue weighted by Gasteiger charge is -2.30. The van der Waals surface area contributed by atoms with Gasteiger partial charge in [-0.3, -0.25) is 9.59 Å². The molecule has 2 aromatic carbocycles. The van der Waals surface area contributed by atoms with Crippen LogP contribution in [-0.4, -0.2) is 47.1 Å². The Morgan fingerprint density at radius 3 is 2.25 bits per heavy atom. The van der Waals surface area contributed by atoms with Crippen LogP contribution in [0.15, 0.2) is 42.0 Å². The van der Waals surface area contributed by atoms with Gasteiger partial charge in [-0.25, -0.2) is 0 Å². The minimum Gasteiger partial charge on any atom is -0.508 e. The van der Waals surface area contributed by atoms with Crippen LogP contribution in [0.5, 0.6) is 17.2 Å². The number of likely N-dealkylation sites (tertiary alicyclic amines) is 1. The van der Waals surface area contributed by atoms with Gasteiger partial charge in [-0.05, 0) is 36.6 Å². The lowest BCUT2D eigenvalue weighted by Crippen LogP contribution is -2.37. The predicted octanol–water partition coefficient (Wildman–Crippen LogP) is 4.43. The van der Waals surface area contributed by atoms with Crippen LogP contribution in [0.3, 0.4) is 0 Å². The summed E-state index contributed by atoms with van der Waals surface area (Å²) in [5, 5.41) is 21.3. The summed E-state index contributed by atoms with van der Waals surface area (Å²) in [6.45, 7) is 0. The third-order valence-corrected chi connectivity index (χ3v) is 6.43. The number of rotatable bonds is 5. The number of carbonyl (C=O) groups is 2. The Bertz CT molecular complexity index is 1090. The fourth-order valence-electron chi connectivity index (χ4n) is 4.58. The van der Waals surface area contributed by atoms with Gasteiger partial charge in [-0.1, -0.05) is 36.6 Å². The highest BCUT2D eigenvalue weighted by Gasteiger charge is 2.49. The van der Waals surface area contributed by atoms with E-state index in [1.54, 1.807) is 17.0 Å². The van der Waals surface area contributed by atoms with E-state index in [1.807, 2.05) is 0 Å². The molecule has 8 heteroatoms. The second-order valence-electron chi connectivity index (χ2n) is 7.92. The average Bonchev–Trinajstić information content (AvgIpc) is 3.40. The lowest BCUT2D eigenvalue weighted by atomic mass is 9.94. The van der Waals surface area contributed by atoms with Crippen molar-refractivity contribution in [2.45, 2.75) is 37.8 Å². The molecule has 1 heterocycles. The number of Topliss-reactive ketones (excluding diaryl/α,β-unsaturated/α-hetero) is 1. The summed E-state index contributed by atoms with van der Waals surface area (Å²) in [4.78, 5) is 27.9. The summed E-state index contributed by atoms with van der Waals surface area (Å²) in [6.07, 6.45) is 3.52. The van der Waals surface area contributed by atoms with Gasteiger partial charge in [0.25, 0.3) is 11.7 Å². The zero-order chi connectivity index (χ0) is 23.0. The van der Waals surface area contributed by atoms with Crippen LogP contribution in [0.1, 0.15) is 42.9 Å². The van der Waals surface area contributed by atoms with Crippen LogP contribution in [0.2, 0.25) is 5.02 Å². The molecule has 4 rings (SSSR count). The van der Waals surface area contributed by atoms with Gasteiger partial charge in [0.2, 0.25) is 0 Å². The number of aromatic hydroxyl groups is 1. The molecular weight excluding hydrogens is 434 g/mol. The summed E-state index contributed by atoms with van der Waals surface area (Å²) >= 11 is 6.27. The number of methoxy groups -OCH3 is 2. The second kappa shape index (κ2) is 8.74. The first kappa shape index (κ1) is 22.0. The number of amides is 1. The molecule has 1 amide bonds. The van der Waals surface area contributed by atoms with Gasteiger partial charge in [0.1, 0.15) is 23.0 Å². The van der Waals surface area contributed by atoms with E-state index in [2.05, 4.69) is 0 Å². The molecule has 2 aromatic rings. The number of hydrogen-bond donors (Lipinski definition) is 2. The Labute approximate surface area is 190 Å². The molecule has 0 spiro atoms. The van der Waals surface area contributed by atoms with Crippen molar-refractivity contribution in [3.05, 3.63) is 58.1 Å². The van der Waals surface area contributed by atoms with Crippen molar-refractivity contribution in [1.82, 2.24) is 4.90 Å². The number of phenols is 1. The van der Waals surface area contributed by atoms with Crippen LogP contribution >= 0.6 is 11.6 Å². The zero-order valence-electron chi connectivity index (χ0n) is 17.8. The molecular formula is C24H24ClNO6. The fraction of sp³-hybridized carbons (Fsp3) is 0.333. The molecule has 32 heavy (non-hydrogen) atoms. The molecule has 0 bridgehead atoms. The molecule has 1 unspecified atom stereocenters. The number of aliphatic hydroxyl groups is 1. The smallest absolute Gasteiger partial charge is 0.295 e. The monoisotopic (exact) mass is 457 g/mol. The maximum atomic E-state index is 13.2. The topological polar surface area (TPSA) is 96.3 Å². The number of aliphatic hydroxyl groups excluding tert-OH is 1. The first-order valence-corrected chi connectivity index (χ1v) is 10.8. The van der Waals surface area contributed by atoms with Gasteiger partial charge in [-0.15, -0.1) is 0 Å². The molecule has 168 valence electrons. The maximum absolute atomic E-state index is 13.2. The molecule has 1 aliphatic carbocycles. The Balaban J connectivity index is 1.93. The van der Waals surface area contributed by atoms with E-state index in [1.165, 1.54) is 38.5 Å². The van der Waals surface area contributed by atoms with Crippen molar-refractivity contribution in [3.8, 4) is 17.2 Å². The number of ether oxygens (including phenoxy) is 2. The number of ketones is 1. The van der Waals surface area contributed by atoms with Crippen molar-refractivity contribution in [1.29, 1.82) is 0 Å². The summed E-state index contributed by atoms with van der Waals surface area (Å²) in [6, 6.07) is 8.37. The van der Waals surface area contributed by atoms with E-state index >= 15 is 0 Å². The highest BCUT2D eigenvalue weighted by atomic mass is 35.5. The van der Waals surface area contributed by atoms with Gasteiger partial charge >= 0.3 is 0 Å². The quantitative estimate of drug-likeness (QED) is 0.392. The largest absolute Gasteiger partial charge is 0.508 e. The molecule has 2 aliphatic rings. The van der Waals surface area contributed by atoms with Crippen molar-refractivity contribution in [3.63, 3.8) is 0 Å². The molecule has 1 saturated carbocycles. The van der Waals surface area contributed by atoms with E-state index in [9.17, 15) is 19.8 Å². The predicted molar refractivity (Wildman–Crippen MR) is 119 cm³/mol.